The largest absolute Gasteiger partial charge is 0.314 e. The summed E-state index contributed by atoms with van der Waals surface area (Å²) in [6, 6.07) is 2.87. The van der Waals surface area contributed by atoms with Crippen molar-refractivity contribution >= 4 is 0 Å². The van der Waals surface area contributed by atoms with E-state index < -0.39 is 0 Å². The summed E-state index contributed by atoms with van der Waals surface area (Å²) in [7, 11) is 0. The number of aryl methyl sites for hydroxylation is 2. The summed E-state index contributed by atoms with van der Waals surface area (Å²) in [5, 5.41) is 3.57. The fourth-order valence-electron chi connectivity index (χ4n) is 2.37. The summed E-state index contributed by atoms with van der Waals surface area (Å²) < 4.78 is 0. The molecule has 0 saturated carbocycles. The molecule has 0 saturated heterocycles. The van der Waals surface area contributed by atoms with Gasteiger partial charge in [-0.25, -0.2) is 0 Å². The number of hydrogen-bond acceptors (Lipinski definition) is 1. The predicted octanol–water partition coefficient (Wildman–Crippen LogP) is 3.85. The molecule has 0 radical (unpaired) electrons. The van der Waals surface area contributed by atoms with Gasteiger partial charge in [0.25, 0.3) is 0 Å². The highest BCUT2D eigenvalue weighted by Crippen LogP contribution is 2.22. The van der Waals surface area contributed by atoms with Gasteiger partial charge in [-0.1, -0.05) is 13.0 Å². The van der Waals surface area contributed by atoms with Crippen molar-refractivity contribution in [2.45, 2.75) is 60.4 Å². The Bertz CT molecular complexity index is 353. The molecule has 1 heteroatoms. The second-order valence-electron chi connectivity index (χ2n) is 5.30. The van der Waals surface area contributed by atoms with E-state index in [1.165, 1.54) is 28.7 Å². The summed E-state index contributed by atoms with van der Waals surface area (Å²) in [5.41, 5.74) is 7.33. The van der Waals surface area contributed by atoms with Crippen LogP contribution in [0.4, 0.5) is 0 Å². The molecule has 0 fully saturated rings. The van der Waals surface area contributed by atoms with Crippen LogP contribution in [0.5, 0.6) is 0 Å². The Morgan fingerprint density at radius 3 is 2.06 bits per heavy atom. The normalized spacial score (nSPS) is 12.8. The monoisotopic (exact) mass is 233 g/mol. The van der Waals surface area contributed by atoms with Gasteiger partial charge in [0.15, 0.2) is 0 Å². The SMILES string of the molecule is CCCNC(C)Cc1c(C)c(C)cc(C)c1C. The molecule has 1 nitrogen and oxygen atoms in total. The highest BCUT2D eigenvalue weighted by atomic mass is 14.9. The van der Waals surface area contributed by atoms with Crippen molar-refractivity contribution in [3.8, 4) is 0 Å². The Kier molecular flexibility index (Phi) is 5.20. The minimum absolute atomic E-state index is 0.563. The molecule has 0 aliphatic heterocycles. The lowest BCUT2D eigenvalue weighted by molar-refractivity contribution is 0.541. The molecule has 0 heterocycles. The van der Waals surface area contributed by atoms with Crippen molar-refractivity contribution in [2.24, 2.45) is 0 Å². The van der Waals surface area contributed by atoms with Crippen molar-refractivity contribution in [1.29, 1.82) is 0 Å². The smallest absolute Gasteiger partial charge is 0.00793 e. The van der Waals surface area contributed by atoms with Gasteiger partial charge in [0.2, 0.25) is 0 Å². The van der Waals surface area contributed by atoms with Crippen molar-refractivity contribution < 1.29 is 0 Å². The maximum atomic E-state index is 3.57. The zero-order valence-corrected chi connectivity index (χ0v) is 12.3. The van der Waals surface area contributed by atoms with E-state index in [4.69, 9.17) is 0 Å². The molecule has 0 bridgehead atoms. The van der Waals surface area contributed by atoms with Crippen LogP contribution >= 0.6 is 0 Å². The Morgan fingerprint density at radius 2 is 1.59 bits per heavy atom. The van der Waals surface area contributed by atoms with E-state index >= 15 is 0 Å². The lowest BCUT2D eigenvalue weighted by Gasteiger charge is -2.19. The molecular formula is C16H27N. The fourth-order valence-corrected chi connectivity index (χ4v) is 2.37. The minimum Gasteiger partial charge on any atom is -0.314 e. The maximum absolute atomic E-state index is 3.57. The Labute approximate surface area is 107 Å². The Morgan fingerprint density at radius 1 is 1.06 bits per heavy atom. The summed E-state index contributed by atoms with van der Waals surface area (Å²) >= 11 is 0. The second kappa shape index (κ2) is 6.20. The second-order valence-corrected chi connectivity index (χ2v) is 5.30. The van der Waals surface area contributed by atoms with Crippen LogP contribution in [-0.2, 0) is 6.42 Å². The highest BCUT2D eigenvalue weighted by Gasteiger charge is 2.11. The van der Waals surface area contributed by atoms with Gasteiger partial charge in [-0.05, 0) is 81.8 Å². The number of benzene rings is 1. The van der Waals surface area contributed by atoms with Crippen LogP contribution < -0.4 is 5.32 Å². The van der Waals surface area contributed by atoms with Gasteiger partial charge >= 0.3 is 0 Å². The van der Waals surface area contributed by atoms with E-state index in [1.54, 1.807) is 5.56 Å². The molecule has 17 heavy (non-hydrogen) atoms. The number of hydrogen-bond donors (Lipinski definition) is 1. The summed E-state index contributed by atoms with van der Waals surface area (Å²) in [6.07, 6.45) is 2.34. The molecule has 1 aromatic rings. The van der Waals surface area contributed by atoms with E-state index in [9.17, 15) is 0 Å². The maximum Gasteiger partial charge on any atom is 0.00793 e. The molecule has 1 N–H and O–H groups in total. The van der Waals surface area contributed by atoms with E-state index in [1.807, 2.05) is 0 Å². The fraction of sp³-hybridized carbons (Fsp3) is 0.625. The van der Waals surface area contributed by atoms with Gasteiger partial charge in [-0.3, -0.25) is 0 Å². The molecule has 96 valence electrons. The van der Waals surface area contributed by atoms with Crippen LogP contribution in [-0.4, -0.2) is 12.6 Å². The van der Waals surface area contributed by atoms with Crippen molar-refractivity contribution in [1.82, 2.24) is 5.32 Å². The topological polar surface area (TPSA) is 12.0 Å². The van der Waals surface area contributed by atoms with Crippen molar-refractivity contribution in [3.63, 3.8) is 0 Å². The van der Waals surface area contributed by atoms with Gasteiger partial charge in [-0.15, -0.1) is 0 Å². The minimum atomic E-state index is 0.563. The zero-order chi connectivity index (χ0) is 13.0. The molecular weight excluding hydrogens is 206 g/mol. The lowest BCUT2D eigenvalue weighted by atomic mass is 9.90. The summed E-state index contributed by atoms with van der Waals surface area (Å²) in [4.78, 5) is 0. The van der Waals surface area contributed by atoms with Crippen molar-refractivity contribution in [3.05, 3.63) is 33.9 Å². The lowest BCUT2D eigenvalue weighted by Crippen LogP contribution is -2.29. The third kappa shape index (κ3) is 3.57. The highest BCUT2D eigenvalue weighted by molar-refractivity contribution is 5.44. The summed E-state index contributed by atoms with van der Waals surface area (Å²) in [5.74, 6) is 0. The Hall–Kier alpha value is -0.820. The van der Waals surface area contributed by atoms with E-state index in [0.29, 0.717) is 6.04 Å². The van der Waals surface area contributed by atoms with Crippen LogP contribution in [0.1, 0.15) is 48.1 Å². The third-order valence-electron chi connectivity index (χ3n) is 3.77. The zero-order valence-electron chi connectivity index (χ0n) is 12.3. The molecule has 0 amide bonds. The molecule has 0 aliphatic carbocycles. The summed E-state index contributed by atoms with van der Waals surface area (Å²) in [6.45, 7) is 14.6. The number of rotatable bonds is 5. The quantitative estimate of drug-likeness (QED) is 0.814. The average Bonchev–Trinajstić information content (AvgIpc) is 2.29. The van der Waals surface area contributed by atoms with Crippen molar-refractivity contribution in [2.75, 3.05) is 6.54 Å². The van der Waals surface area contributed by atoms with Crippen LogP contribution in [0, 0.1) is 27.7 Å². The van der Waals surface area contributed by atoms with Gasteiger partial charge < -0.3 is 5.32 Å². The van der Waals surface area contributed by atoms with E-state index in [0.717, 1.165) is 13.0 Å². The first kappa shape index (κ1) is 14.2. The molecule has 0 spiro atoms. The van der Waals surface area contributed by atoms with Crippen LogP contribution in [0.25, 0.3) is 0 Å². The first-order valence-electron chi connectivity index (χ1n) is 6.77. The van der Waals surface area contributed by atoms with Gasteiger partial charge in [0.1, 0.15) is 0 Å². The molecule has 1 rings (SSSR count). The van der Waals surface area contributed by atoms with Crippen LogP contribution in [0.15, 0.2) is 6.07 Å². The van der Waals surface area contributed by atoms with Gasteiger partial charge in [-0.2, -0.15) is 0 Å². The molecule has 0 aromatic heterocycles. The van der Waals surface area contributed by atoms with E-state index in [2.05, 4.69) is 52.9 Å². The molecule has 0 aliphatic rings. The van der Waals surface area contributed by atoms with Crippen LogP contribution in [0.2, 0.25) is 0 Å². The Balaban J connectivity index is 2.90. The molecule has 1 atom stereocenters. The third-order valence-corrected chi connectivity index (χ3v) is 3.77. The van der Waals surface area contributed by atoms with Gasteiger partial charge in [0.05, 0.1) is 0 Å². The molecule has 1 unspecified atom stereocenters. The molecule has 1 aromatic carbocycles. The van der Waals surface area contributed by atoms with Gasteiger partial charge in [0, 0.05) is 6.04 Å². The first-order valence-corrected chi connectivity index (χ1v) is 6.77. The first-order chi connectivity index (χ1) is 7.97. The average molecular weight is 233 g/mol. The number of nitrogens with one attached hydrogen (secondary N) is 1. The standard InChI is InChI=1S/C16H27N/c1-7-8-17-13(4)10-16-14(5)11(2)9-12(3)15(16)6/h9,13,17H,7-8,10H2,1-6H3. The van der Waals surface area contributed by atoms with E-state index in [-0.39, 0.29) is 0 Å². The predicted molar refractivity (Wildman–Crippen MR) is 76.8 cm³/mol. The van der Waals surface area contributed by atoms with Crippen LogP contribution in [0.3, 0.4) is 0 Å².